The predicted octanol–water partition coefficient (Wildman–Crippen LogP) is 4.83. The number of ether oxygens (including phenoxy) is 4. The average Bonchev–Trinajstić information content (AvgIpc) is 2.79. The Morgan fingerprint density at radius 1 is 1.06 bits per heavy atom. The summed E-state index contributed by atoms with van der Waals surface area (Å²) in [5.74, 6) is 1.40. The van der Waals surface area contributed by atoms with Gasteiger partial charge in [-0.2, -0.15) is 0 Å². The van der Waals surface area contributed by atoms with Crippen molar-refractivity contribution >= 4 is 23.2 Å². The normalized spacial score (nSPS) is 14.7. The number of anilines is 2. The Morgan fingerprint density at radius 2 is 1.68 bits per heavy atom. The Hall–Kier alpha value is -3.68. The van der Waals surface area contributed by atoms with Gasteiger partial charge < -0.3 is 29.2 Å². The third-order valence-electron chi connectivity index (χ3n) is 5.02. The monoisotopic (exact) mass is 468 g/mol. The largest absolute Gasteiger partial charge is 0.490 e. The first-order valence-electron chi connectivity index (χ1n) is 11.4. The van der Waals surface area contributed by atoms with Gasteiger partial charge in [-0.05, 0) is 65.0 Å². The Balaban J connectivity index is 1.93. The highest BCUT2D eigenvalue weighted by Gasteiger charge is 2.31. The number of hydrogen-bond acceptors (Lipinski definition) is 6. The molecule has 3 rings (SSSR count). The summed E-state index contributed by atoms with van der Waals surface area (Å²) in [4.78, 5) is 27.5. The molecule has 0 spiro atoms. The van der Waals surface area contributed by atoms with Crippen LogP contribution in [0, 0.1) is 0 Å². The molecule has 1 aliphatic rings. The summed E-state index contributed by atoms with van der Waals surface area (Å²) < 4.78 is 22.9. The quantitative estimate of drug-likeness (QED) is 0.503. The molecule has 1 unspecified atom stereocenters. The lowest BCUT2D eigenvalue weighted by atomic mass is 10.1. The zero-order valence-electron chi connectivity index (χ0n) is 20.4. The van der Waals surface area contributed by atoms with Gasteiger partial charge in [-0.3, -0.25) is 9.59 Å². The minimum atomic E-state index is -0.592. The highest BCUT2D eigenvalue weighted by molar-refractivity contribution is 6.06. The van der Waals surface area contributed by atoms with Crippen LogP contribution in [0.3, 0.4) is 0 Å². The number of carbonyl (C=O) groups is 2. The first-order chi connectivity index (χ1) is 16.3. The number of amides is 2. The second-order valence-electron chi connectivity index (χ2n) is 7.88. The van der Waals surface area contributed by atoms with Crippen molar-refractivity contribution in [3.8, 4) is 23.0 Å². The topological polar surface area (TPSA) is 86.3 Å². The molecule has 2 aromatic carbocycles. The van der Waals surface area contributed by atoms with Gasteiger partial charge in [0, 0.05) is 17.8 Å². The molecule has 34 heavy (non-hydrogen) atoms. The van der Waals surface area contributed by atoms with Crippen molar-refractivity contribution in [2.45, 2.75) is 40.7 Å². The lowest BCUT2D eigenvalue weighted by Crippen LogP contribution is -2.45. The van der Waals surface area contributed by atoms with E-state index in [1.807, 2.05) is 27.7 Å². The highest BCUT2D eigenvalue weighted by Crippen LogP contribution is 2.40. The van der Waals surface area contributed by atoms with Gasteiger partial charge in [0.25, 0.3) is 11.8 Å². The third-order valence-corrected chi connectivity index (χ3v) is 5.02. The molecule has 8 nitrogen and oxygen atoms in total. The maximum absolute atomic E-state index is 13.2. The number of benzene rings is 2. The molecule has 0 saturated heterocycles. The van der Waals surface area contributed by atoms with Gasteiger partial charge in [0.1, 0.15) is 5.75 Å². The SMILES string of the molecule is C=C(C)CN1C(=O)C(C)Oc2ccc(NC(=O)c3cc(OCC)c(OCC)c(OCC)c3)cc21. The van der Waals surface area contributed by atoms with E-state index in [-0.39, 0.29) is 11.8 Å². The summed E-state index contributed by atoms with van der Waals surface area (Å²) in [6.07, 6.45) is -0.592. The smallest absolute Gasteiger partial charge is 0.268 e. The fourth-order valence-electron chi connectivity index (χ4n) is 3.64. The zero-order valence-corrected chi connectivity index (χ0v) is 20.4. The van der Waals surface area contributed by atoms with Crippen LogP contribution < -0.4 is 29.2 Å². The minimum Gasteiger partial charge on any atom is -0.490 e. The van der Waals surface area contributed by atoms with Crippen LogP contribution in [0.1, 0.15) is 45.0 Å². The molecule has 8 heteroatoms. The summed E-state index contributed by atoms with van der Waals surface area (Å²) in [6.45, 7) is 14.7. The van der Waals surface area contributed by atoms with Crippen molar-refractivity contribution < 1.29 is 28.5 Å². The molecule has 0 fully saturated rings. The van der Waals surface area contributed by atoms with E-state index in [2.05, 4.69) is 11.9 Å². The van der Waals surface area contributed by atoms with E-state index in [9.17, 15) is 9.59 Å². The maximum Gasteiger partial charge on any atom is 0.268 e. The fourth-order valence-corrected chi connectivity index (χ4v) is 3.64. The van der Waals surface area contributed by atoms with Crippen LogP contribution in [0.2, 0.25) is 0 Å². The zero-order chi connectivity index (χ0) is 24.8. The summed E-state index contributed by atoms with van der Waals surface area (Å²) in [5.41, 5.74) is 2.30. The minimum absolute atomic E-state index is 0.159. The van der Waals surface area contributed by atoms with Crippen LogP contribution in [-0.2, 0) is 4.79 Å². The van der Waals surface area contributed by atoms with Crippen LogP contribution >= 0.6 is 0 Å². The van der Waals surface area contributed by atoms with Gasteiger partial charge in [0.15, 0.2) is 17.6 Å². The maximum atomic E-state index is 13.2. The molecular weight excluding hydrogens is 436 g/mol. The first kappa shape index (κ1) is 25.0. The van der Waals surface area contributed by atoms with Crippen molar-refractivity contribution in [2.75, 3.05) is 36.6 Å². The molecule has 0 saturated carbocycles. The van der Waals surface area contributed by atoms with Gasteiger partial charge in [0.05, 0.1) is 25.5 Å². The van der Waals surface area contributed by atoms with Crippen molar-refractivity contribution in [2.24, 2.45) is 0 Å². The summed E-state index contributed by atoms with van der Waals surface area (Å²) in [6, 6.07) is 8.47. The van der Waals surface area contributed by atoms with Crippen molar-refractivity contribution in [3.63, 3.8) is 0 Å². The third kappa shape index (κ3) is 5.44. The van der Waals surface area contributed by atoms with Crippen LogP contribution in [0.25, 0.3) is 0 Å². The highest BCUT2D eigenvalue weighted by atomic mass is 16.5. The average molecular weight is 469 g/mol. The predicted molar refractivity (Wildman–Crippen MR) is 132 cm³/mol. The first-order valence-corrected chi connectivity index (χ1v) is 11.4. The number of nitrogens with zero attached hydrogens (tertiary/aromatic N) is 1. The number of rotatable bonds is 10. The Bertz CT molecular complexity index is 1050. The second-order valence-corrected chi connectivity index (χ2v) is 7.88. The van der Waals surface area contributed by atoms with Crippen LogP contribution in [0.5, 0.6) is 23.0 Å². The molecule has 1 heterocycles. The van der Waals surface area contributed by atoms with Crippen molar-refractivity contribution in [3.05, 3.63) is 48.0 Å². The number of fused-ring (bicyclic) bond motifs is 1. The van der Waals surface area contributed by atoms with Gasteiger partial charge in [-0.1, -0.05) is 12.2 Å². The lowest BCUT2D eigenvalue weighted by Gasteiger charge is -2.33. The van der Waals surface area contributed by atoms with E-state index < -0.39 is 6.10 Å². The molecule has 0 bridgehead atoms. The molecule has 2 amide bonds. The van der Waals surface area contributed by atoms with E-state index in [4.69, 9.17) is 18.9 Å². The number of nitrogens with one attached hydrogen (secondary N) is 1. The second kappa shape index (κ2) is 11.0. The molecule has 0 radical (unpaired) electrons. The summed E-state index contributed by atoms with van der Waals surface area (Å²) in [7, 11) is 0. The van der Waals surface area contributed by atoms with Crippen LogP contribution in [-0.4, -0.2) is 44.3 Å². The van der Waals surface area contributed by atoms with E-state index in [1.54, 1.807) is 42.2 Å². The molecule has 0 aliphatic carbocycles. The van der Waals surface area contributed by atoms with Gasteiger partial charge in [-0.15, -0.1) is 0 Å². The molecule has 1 atom stereocenters. The standard InChI is InChI=1S/C26H32N2O6/c1-7-31-22-12-18(13-23(32-8-2)24(22)33-9-3)25(29)27-19-10-11-21-20(14-19)28(15-16(4)5)26(30)17(6)34-21/h10-14,17H,4,7-9,15H2,1-3,5-6H3,(H,27,29). The fraction of sp³-hybridized carbons (Fsp3) is 0.385. The summed E-state index contributed by atoms with van der Waals surface area (Å²) in [5, 5.41) is 2.89. The molecule has 1 N–H and O–H groups in total. The van der Waals surface area contributed by atoms with Crippen LogP contribution in [0.15, 0.2) is 42.5 Å². The van der Waals surface area contributed by atoms with E-state index >= 15 is 0 Å². The number of carbonyl (C=O) groups excluding carboxylic acids is 2. The van der Waals surface area contributed by atoms with Crippen molar-refractivity contribution in [1.82, 2.24) is 0 Å². The van der Waals surface area contributed by atoms with Crippen molar-refractivity contribution in [1.29, 1.82) is 0 Å². The van der Waals surface area contributed by atoms with E-state index in [0.717, 1.165) is 5.57 Å². The molecule has 2 aromatic rings. The van der Waals surface area contributed by atoms with Gasteiger partial charge in [-0.25, -0.2) is 0 Å². The molecule has 1 aliphatic heterocycles. The Morgan fingerprint density at radius 3 is 2.24 bits per heavy atom. The van der Waals surface area contributed by atoms with Crippen LogP contribution in [0.4, 0.5) is 11.4 Å². The van der Waals surface area contributed by atoms with E-state index in [0.29, 0.717) is 66.3 Å². The molecular formula is C26H32N2O6. The van der Waals surface area contributed by atoms with E-state index in [1.165, 1.54) is 0 Å². The number of hydrogen-bond donors (Lipinski definition) is 1. The lowest BCUT2D eigenvalue weighted by molar-refractivity contribution is -0.125. The van der Waals surface area contributed by atoms with Gasteiger partial charge >= 0.3 is 0 Å². The summed E-state index contributed by atoms with van der Waals surface area (Å²) >= 11 is 0. The molecule has 0 aromatic heterocycles. The van der Waals surface area contributed by atoms with Gasteiger partial charge in [0.2, 0.25) is 5.75 Å². The Labute approximate surface area is 200 Å². The molecule has 182 valence electrons. The Kier molecular flexibility index (Phi) is 8.04.